The molecule has 4 aliphatic rings. The van der Waals surface area contributed by atoms with Crippen LogP contribution in [0.25, 0.3) is 0 Å². The quantitative estimate of drug-likeness (QED) is 0.249. The summed E-state index contributed by atoms with van der Waals surface area (Å²) in [5.74, 6) is 2.75. The van der Waals surface area contributed by atoms with E-state index in [9.17, 15) is 0 Å². The maximum Gasteiger partial charge on any atom is 0.191 e. The Balaban J connectivity index is 1.64. The Morgan fingerprint density at radius 3 is 1.66 bits per heavy atom. The summed E-state index contributed by atoms with van der Waals surface area (Å²) < 4.78 is 19.8. The monoisotopic (exact) mass is 480 g/mol. The SMILES string of the molecule is CC(C)(C)OC1C2C(CCO[Si](C)(C)C(C)(C)C)=C3C(C2CCO[Si](C)(C)C(C)(C)C)C31. The normalized spacial score (nSPS) is 30.5. The lowest BCUT2D eigenvalue weighted by atomic mass is 9.88. The smallest absolute Gasteiger partial charge is 0.191 e. The molecule has 0 aromatic rings. The van der Waals surface area contributed by atoms with Gasteiger partial charge in [-0.3, -0.25) is 0 Å². The molecule has 2 fully saturated rings. The van der Waals surface area contributed by atoms with Crippen LogP contribution in [0.3, 0.4) is 0 Å². The Morgan fingerprint density at radius 2 is 1.19 bits per heavy atom. The molecule has 2 saturated carbocycles. The second-order valence-corrected chi connectivity index (χ2v) is 24.3. The average molecular weight is 481 g/mol. The molecule has 4 aliphatic carbocycles. The van der Waals surface area contributed by atoms with Crippen LogP contribution in [0.5, 0.6) is 0 Å². The molecule has 0 aliphatic heterocycles. The summed E-state index contributed by atoms with van der Waals surface area (Å²) in [4.78, 5) is 0. The highest BCUT2D eigenvalue weighted by Gasteiger charge is 2.71. The van der Waals surface area contributed by atoms with Crippen LogP contribution < -0.4 is 0 Å². The van der Waals surface area contributed by atoms with E-state index in [1.165, 1.54) is 6.42 Å². The van der Waals surface area contributed by atoms with Crippen molar-refractivity contribution < 1.29 is 13.6 Å². The van der Waals surface area contributed by atoms with Crippen molar-refractivity contribution in [3.8, 4) is 0 Å². The lowest BCUT2D eigenvalue weighted by molar-refractivity contribution is -0.0775. The van der Waals surface area contributed by atoms with E-state index in [2.05, 4.69) is 88.5 Å². The molecule has 0 radical (unpaired) electrons. The van der Waals surface area contributed by atoms with Crippen LogP contribution in [0.1, 0.15) is 75.2 Å². The zero-order valence-electron chi connectivity index (χ0n) is 23.4. The molecule has 5 unspecified atom stereocenters. The summed E-state index contributed by atoms with van der Waals surface area (Å²) in [6, 6.07) is 0. The minimum atomic E-state index is -1.70. The zero-order valence-corrected chi connectivity index (χ0v) is 25.4. The maximum atomic E-state index is 6.66. The van der Waals surface area contributed by atoms with Gasteiger partial charge in [-0.2, -0.15) is 0 Å². The zero-order chi connectivity index (χ0) is 24.5. The summed E-state index contributed by atoms with van der Waals surface area (Å²) in [6.07, 6.45) is 2.66. The van der Waals surface area contributed by atoms with Gasteiger partial charge < -0.3 is 13.6 Å². The van der Waals surface area contributed by atoms with Gasteiger partial charge in [0.15, 0.2) is 16.6 Å². The Bertz CT molecular complexity index is 733. The fourth-order valence-corrected chi connectivity index (χ4v) is 7.58. The van der Waals surface area contributed by atoms with Gasteiger partial charge in [-0.25, -0.2) is 0 Å². The maximum absolute atomic E-state index is 6.66. The van der Waals surface area contributed by atoms with Crippen molar-refractivity contribution in [2.24, 2.45) is 23.7 Å². The Morgan fingerprint density at radius 1 is 0.688 bits per heavy atom. The second kappa shape index (κ2) is 8.32. The van der Waals surface area contributed by atoms with E-state index in [1.807, 2.05) is 0 Å². The second-order valence-electron chi connectivity index (χ2n) is 14.7. The minimum Gasteiger partial charge on any atom is -0.417 e. The van der Waals surface area contributed by atoms with Crippen LogP contribution in [0.15, 0.2) is 11.1 Å². The highest BCUT2D eigenvalue weighted by atomic mass is 28.4. The van der Waals surface area contributed by atoms with Crippen LogP contribution in [-0.2, 0) is 13.6 Å². The lowest BCUT2D eigenvalue weighted by Crippen LogP contribution is -2.41. The van der Waals surface area contributed by atoms with Crippen LogP contribution >= 0.6 is 0 Å². The highest BCUT2D eigenvalue weighted by Crippen LogP contribution is 2.74. The molecule has 5 heteroatoms. The van der Waals surface area contributed by atoms with Crippen molar-refractivity contribution in [2.75, 3.05) is 13.2 Å². The van der Waals surface area contributed by atoms with Crippen molar-refractivity contribution in [1.29, 1.82) is 0 Å². The Hall–Kier alpha value is 0.0538. The fraction of sp³-hybridized carbons (Fsp3) is 0.926. The first kappa shape index (κ1) is 26.7. The van der Waals surface area contributed by atoms with Crippen LogP contribution in [-0.4, -0.2) is 41.6 Å². The molecule has 0 heterocycles. The first-order chi connectivity index (χ1) is 14.3. The average Bonchev–Trinajstić information content (AvgIpc) is 2.99. The highest BCUT2D eigenvalue weighted by molar-refractivity contribution is 6.74. The van der Waals surface area contributed by atoms with E-state index in [0.29, 0.717) is 17.9 Å². The predicted molar refractivity (Wildman–Crippen MR) is 141 cm³/mol. The summed E-state index contributed by atoms with van der Waals surface area (Å²) in [5, 5.41) is 0.546. The summed E-state index contributed by atoms with van der Waals surface area (Å²) in [7, 11) is -3.38. The standard InChI is InChI=1S/C27H52O3Si2/c1-25(2,3)30-24-20-18(14-16-28-31(10,11)26(4,5)6)21-22(23(21)24)19(20)15-17-29-32(12,13)27(7,8)9/h18,20-21,23-24H,14-17H2,1-13H3. The first-order valence-corrected chi connectivity index (χ1v) is 18.8. The Labute approximate surface area is 201 Å². The third kappa shape index (κ3) is 5.02. The van der Waals surface area contributed by atoms with E-state index in [1.54, 1.807) is 11.1 Å². The van der Waals surface area contributed by atoms with E-state index >= 15 is 0 Å². The van der Waals surface area contributed by atoms with E-state index in [0.717, 1.165) is 31.5 Å². The molecule has 3 nitrogen and oxygen atoms in total. The van der Waals surface area contributed by atoms with Gasteiger partial charge in [-0.05, 0) is 81.7 Å². The summed E-state index contributed by atoms with van der Waals surface area (Å²) in [6.45, 7) is 31.9. The summed E-state index contributed by atoms with van der Waals surface area (Å²) >= 11 is 0. The lowest BCUT2D eigenvalue weighted by Gasteiger charge is -2.37. The molecule has 4 rings (SSSR count). The molecule has 4 bridgehead atoms. The van der Waals surface area contributed by atoms with Gasteiger partial charge in [-0.15, -0.1) is 0 Å². The van der Waals surface area contributed by atoms with Gasteiger partial charge >= 0.3 is 0 Å². The first-order valence-electron chi connectivity index (χ1n) is 13.0. The van der Waals surface area contributed by atoms with Crippen LogP contribution in [0.2, 0.25) is 36.3 Å². The predicted octanol–water partition coefficient (Wildman–Crippen LogP) is 7.80. The van der Waals surface area contributed by atoms with E-state index in [-0.39, 0.29) is 15.7 Å². The van der Waals surface area contributed by atoms with Gasteiger partial charge in [0.1, 0.15) is 0 Å². The third-order valence-electron chi connectivity index (χ3n) is 9.25. The molecule has 0 spiro atoms. The molecule has 32 heavy (non-hydrogen) atoms. The number of rotatable bonds is 9. The van der Waals surface area contributed by atoms with Crippen molar-refractivity contribution in [3.63, 3.8) is 0 Å². The van der Waals surface area contributed by atoms with Crippen molar-refractivity contribution in [3.05, 3.63) is 11.1 Å². The van der Waals surface area contributed by atoms with Crippen LogP contribution in [0.4, 0.5) is 0 Å². The van der Waals surface area contributed by atoms with Gasteiger partial charge in [0.05, 0.1) is 11.7 Å². The molecule has 0 saturated heterocycles. The third-order valence-corrected chi connectivity index (χ3v) is 18.3. The summed E-state index contributed by atoms with van der Waals surface area (Å²) in [5.41, 5.74) is 3.37. The topological polar surface area (TPSA) is 27.7 Å². The molecule has 5 atom stereocenters. The van der Waals surface area contributed by atoms with Crippen LogP contribution in [0, 0.1) is 23.7 Å². The molecule has 0 N–H and O–H groups in total. The van der Waals surface area contributed by atoms with Gasteiger partial charge in [0, 0.05) is 25.0 Å². The van der Waals surface area contributed by atoms with Gasteiger partial charge in [-0.1, -0.05) is 52.7 Å². The molecule has 0 aromatic heterocycles. The number of hydrogen-bond donors (Lipinski definition) is 0. The molecule has 0 amide bonds. The Kier molecular flexibility index (Phi) is 6.93. The van der Waals surface area contributed by atoms with Crippen molar-refractivity contribution in [1.82, 2.24) is 0 Å². The molecule has 186 valence electrons. The van der Waals surface area contributed by atoms with Gasteiger partial charge in [0.2, 0.25) is 0 Å². The van der Waals surface area contributed by atoms with E-state index in [4.69, 9.17) is 13.6 Å². The minimum absolute atomic E-state index is 0.0826. The molecular weight excluding hydrogens is 428 g/mol. The fourth-order valence-electron chi connectivity index (χ4n) is 5.47. The molecular formula is C27H52O3Si2. The van der Waals surface area contributed by atoms with E-state index < -0.39 is 16.6 Å². The van der Waals surface area contributed by atoms with Crippen molar-refractivity contribution >= 4 is 16.6 Å². The van der Waals surface area contributed by atoms with Gasteiger partial charge in [0.25, 0.3) is 0 Å². The van der Waals surface area contributed by atoms with Crippen molar-refractivity contribution in [2.45, 2.75) is 123 Å². The molecule has 0 aromatic carbocycles. The largest absolute Gasteiger partial charge is 0.417 e. The number of ether oxygens (including phenoxy) is 1. The number of hydrogen-bond acceptors (Lipinski definition) is 3.